The maximum absolute atomic E-state index is 13.8. The number of hydrogen-bond donors (Lipinski definition) is 0. The number of Topliss-reactive ketones (excluding diaryl/α,β-unsaturated/α-hetero) is 1. The van der Waals surface area contributed by atoms with Crippen LogP contribution in [0.3, 0.4) is 0 Å². The summed E-state index contributed by atoms with van der Waals surface area (Å²) in [6.07, 6.45) is 13.9. The van der Waals surface area contributed by atoms with Gasteiger partial charge in [0.05, 0.1) is 12.5 Å². The van der Waals surface area contributed by atoms with E-state index in [9.17, 15) is 9.59 Å². The first-order chi connectivity index (χ1) is 19.2. The monoisotopic (exact) mass is 574 g/mol. The number of ketones is 2. The van der Waals surface area contributed by atoms with E-state index in [1.54, 1.807) is 11.6 Å². The highest BCUT2D eigenvalue weighted by Gasteiger charge is 2.80. The normalized spacial score (nSPS) is 39.8. The number of epoxide rings is 1. The zero-order valence-electron chi connectivity index (χ0n) is 26.3. The summed E-state index contributed by atoms with van der Waals surface area (Å²) in [5.74, 6) is 1.62. The van der Waals surface area contributed by atoms with Gasteiger partial charge in [-0.25, -0.2) is 0 Å². The van der Waals surface area contributed by atoms with Gasteiger partial charge in [-0.2, -0.15) is 0 Å². The SMILES string of the molecule is CC(C)(C)[Si](C)(C)O[C@H]1CC[C@@]2(C)C(=CC[C@@H]3[C@@H]2CC[C@@]2(C)[C@H]3C[C@H]3O[C@]32C(=O)CC(=O)/C=C/c2ccccc2)C1. The Morgan fingerprint density at radius 2 is 1.80 bits per heavy atom. The standard InChI is InChI=1S/C36H50O4Si/c1-33(2,3)41(6,7)40-27-17-19-34(4)25(21-27)14-16-28-29(34)18-20-35(5)30(28)23-32-36(35,39-32)31(38)22-26(37)15-13-24-11-9-8-10-12-24/h8-15,27-30,32H,16-23H2,1-7H3/b15-13+/t27-,28+,29-,30-,32+,34-,35-,36+/m0/s1. The molecule has 5 heteroatoms. The van der Waals surface area contributed by atoms with Gasteiger partial charge < -0.3 is 9.16 Å². The van der Waals surface area contributed by atoms with E-state index >= 15 is 0 Å². The summed E-state index contributed by atoms with van der Waals surface area (Å²) in [5.41, 5.74) is 1.92. The summed E-state index contributed by atoms with van der Waals surface area (Å²) in [6.45, 7) is 16.6. The Morgan fingerprint density at radius 1 is 1.07 bits per heavy atom. The summed E-state index contributed by atoms with van der Waals surface area (Å²) in [4.78, 5) is 26.6. The third kappa shape index (κ3) is 4.60. The highest BCUT2D eigenvalue weighted by molar-refractivity contribution is 6.74. The van der Waals surface area contributed by atoms with E-state index in [-0.39, 0.29) is 40.0 Å². The smallest absolute Gasteiger partial charge is 0.192 e. The summed E-state index contributed by atoms with van der Waals surface area (Å²) in [7, 11) is -1.79. The molecule has 41 heavy (non-hydrogen) atoms. The molecular formula is C36H50O4Si. The topological polar surface area (TPSA) is 55.9 Å². The molecule has 0 aromatic heterocycles. The molecule has 5 aliphatic rings. The van der Waals surface area contributed by atoms with Crippen molar-refractivity contribution in [2.75, 3.05) is 0 Å². The molecule has 1 aromatic carbocycles. The van der Waals surface area contributed by atoms with Crippen LogP contribution in [0.5, 0.6) is 0 Å². The zero-order valence-corrected chi connectivity index (χ0v) is 27.3. The second-order valence-corrected chi connectivity index (χ2v) is 20.6. The predicted molar refractivity (Wildman–Crippen MR) is 167 cm³/mol. The number of ether oxygens (including phenoxy) is 1. The lowest BCUT2D eigenvalue weighted by Gasteiger charge is -2.58. The molecule has 3 saturated carbocycles. The van der Waals surface area contributed by atoms with Crippen molar-refractivity contribution in [1.82, 2.24) is 0 Å². The van der Waals surface area contributed by atoms with Crippen molar-refractivity contribution in [3.8, 4) is 0 Å². The zero-order chi connectivity index (χ0) is 29.4. The second kappa shape index (κ2) is 9.85. The lowest BCUT2D eigenvalue weighted by molar-refractivity contribution is -0.139. The van der Waals surface area contributed by atoms with E-state index in [2.05, 4.69) is 53.8 Å². The van der Waals surface area contributed by atoms with Crippen molar-refractivity contribution in [3.05, 3.63) is 53.6 Å². The molecule has 4 nitrogen and oxygen atoms in total. The van der Waals surface area contributed by atoms with Crippen LogP contribution in [0.25, 0.3) is 6.08 Å². The van der Waals surface area contributed by atoms with Gasteiger partial charge in [-0.3, -0.25) is 9.59 Å². The number of carbonyl (C=O) groups is 2. The predicted octanol–water partition coefficient (Wildman–Crippen LogP) is 8.33. The first kappa shape index (κ1) is 29.3. The number of rotatable bonds is 7. The Balaban J connectivity index is 1.16. The summed E-state index contributed by atoms with van der Waals surface area (Å²) in [5, 5.41) is 0.231. The molecule has 0 amide bonds. The molecule has 1 saturated heterocycles. The van der Waals surface area contributed by atoms with Crippen molar-refractivity contribution in [3.63, 3.8) is 0 Å². The Hall–Kier alpha value is -1.82. The number of fused-ring (bicyclic) bond motifs is 7. The molecule has 1 heterocycles. The van der Waals surface area contributed by atoms with Crippen LogP contribution in [0.4, 0.5) is 0 Å². The molecule has 0 N–H and O–H groups in total. The Kier molecular flexibility index (Phi) is 7.03. The van der Waals surface area contributed by atoms with Crippen molar-refractivity contribution in [2.45, 2.75) is 122 Å². The number of carbonyl (C=O) groups excluding carboxylic acids is 2. The van der Waals surface area contributed by atoms with Crippen LogP contribution in [0.2, 0.25) is 18.1 Å². The molecule has 1 aliphatic heterocycles. The Labute approximate surface area is 248 Å². The van der Waals surface area contributed by atoms with Gasteiger partial charge in [0.2, 0.25) is 0 Å². The minimum atomic E-state index is -1.79. The molecular weight excluding hydrogens is 524 g/mol. The van der Waals surface area contributed by atoms with Gasteiger partial charge in [0, 0.05) is 11.5 Å². The van der Waals surface area contributed by atoms with Gasteiger partial charge in [0.1, 0.15) is 0 Å². The molecule has 0 unspecified atom stereocenters. The Bertz CT molecular complexity index is 1270. The van der Waals surface area contributed by atoms with Crippen LogP contribution in [0.15, 0.2) is 48.1 Å². The second-order valence-electron chi connectivity index (χ2n) is 15.8. The maximum Gasteiger partial charge on any atom is 0.192 e. The van der Waals surface area contributed by atoms with Crippen LogP contribution < -0.4 is 0 Å². The fraction of sp³-hybridized carbons (Fsp3) is 0.667. The van der Waals surface area contributed by atoms with E-state index < -0.39 is 13.9 Å². The molecule has 4 aliphatic carbocycles. The van der Waals surface area contributed by atoms with Crippen LogP contribution >= 0.6 is 0 Å². The number of allylic oxidation sites excluding steroid dienone is 2. The van der Waals surface area contributed by atoms with E-state index in [0.717, 1.165) is 44.1 Å². The van der Waals surface area contributed by atoms with Crippen LogP contribution in [-0.2, 0) is 18.8 Å². The molecule has 4 fully saturated rings. The minimum absolute atomic E-state index is 0.00944. The maximum atomic E-state index is 13.8. The molecule has 1 aromatic rings. The first-order valence-corrected chi connectivity index (χ1v) is 19.0. The van der Waals surface area contributed by atoms with Crippen molar-refractivity contribution in [2.24, 2.45) is 28.6 Å². The van der Waals surface area contributed by atoms with Crippen LogP contribution in [0, 0.1) is 28.6 Å². The average molecular weight is 575 g/mol. The van der Waals surface area contributed by atoms with E-state index in [1.165, 1.54) is 6.42 Å². The van der Waals surface area contributed by atoms with Gasteiger partial charge in [-0.1, -0.05) is 82.7 Å². The van der Waals surface area contributed by atoms with E-state index in [1.807, 2.05) is 36.4 Å². The fourth-order valence-corrected chi connectivity index (χ4v) is 10.7. The van der Waals surface area contributed by atoms with Crippen molar-refractivity contribution < 1.29 is 18.8 Å². The molecule has 0 radical (unpaired) electrons. The van der Waals surface area contributed by atoms with Crippen molar-refractivity contribution >= 4 is 26.0 Å². The highest BCUT2D eigenvalue weighted by atomic mass is 28.4. The molecule has 0 bridgehead atoms. The van der Waals surface area contributed by atoms with Crippen LogP contribution in [-0.4, -0.2) is 37.7 Å². The van der Waals surface area contributed by atoms with Gasteiger partial charge in [0.25, 0.3) is 0 Å². The van der Waals surface area contributed by atoms with E-state index in [0.29, 0.717) is 23.9 Å². The van der Waals surface area contributed by atoms with Gasteiger partial charge >= 0.3 is 0 Å². The third-order valence-electron chi connectivity index (χ3n) is 12.8. The highest BCUT2D eigenvalue weighted by Crippen LogP contribution is 2.73. The molecule has 222 valence electrons. The summed E-state index contributed by atoms with van der Waals surface area (Å²) < 4.78 is 13.2. The summed E-state index contributed by atoms with van der Waals surface area (Å²) in [6, 6.07) is 9.78. The summed E-state index contributed by atoms with van der Waals surface area (Å²) >= 11 is 0. The minimum Gasteiger partial charge on any atom is -0.414 e. The van der Waals surface area contributed by atoms with Gasteiger partial charge in [0.15, 0.2) is 25.5 Å². The number of benzene rings is 1. The van der Waals surface area contributed by atoms with Gasteiger partial charge in [-0.15, -0.1) is 0 Å². The largest absolute Gasteiger partial charge is 0.414 e. The third-order valence-corrected chi connectivity index (χ3v) is 17.3. The first-order valence-electron chi connectivity index (χ1n) is 16.1. The fourth-order valence-electron chi connectivity index (χ4n) is 9.34. The Morgan fingerprint density at radius 3 is 2.51 bits per heavy atom. The average Bonchev–Trinajstić information content (AvgIpc) is 3.59. The van der Waals surface area contributed by atoms with E-state index in [4.69, 9.17) is 9.16 Å². The lowest BCUT2D eigenvalue weighted by atomic mass is 9.47. The quantitative estimate of drug-likeness (QED) is 0.108. The molecule has 0 spiro atoms. The molecule has 6 rings (SSSR count). The van der Waals surface area contributed by atoms with Crippen LogP contribution in [0.1, 0.15) is 91.5 Å². The van der Waals surface area contributed by atoms with Gasteiger partial charge in [-0.05, 0) is 97.9 Å². The van der Waals surface area contributed by atoms with Crippen molar-refractivity contribution in [1.29, 1.82) is 0 Å². The number of hydrogen-bond acceptors (Lipinski definition) is 4. The lowest BCUT2D eigenvalue weighted by Crippen LogP contribution is -2.55. The molecule has 8 atom stereocenters.